The molecule has 2 saturated carbocycles. The molecule has 4 rings (SSSR count). The number of nitrogens with one attached hydrogen (secondary N) is 2. The van der Waals surface area contributed by atoms with Crippen molar-refractivity contribution >= 4 is 5.96 Å². The molecule has 0 spiro atoms. The van der Waals surface area contributed by atoms with Crippen LogP contribution in [-0.2, 0) is 0 Å². The Kier molecular flexibility index (Phi) is 4.27. The van der Waals surface area contributed by atoms with Gasteiger partial charge in [0.25, 0.3) is 0 Å². The molecule has 0 aromatic carbocycles. The molecule has 4 fully saturated rings. The number of hydrogen-bond donors (Lipinski definition) is 2. The van der Waals surface area contributed by atoms with Gasteiger partial charge in [0.15, 0.2) is 5.96 Å². The van der Waals surface area contributed by atoms with E-state index in [1.165, 1.54) is 64.7 Å². The molecule has 22 heavy (non-hydrogen) atoms. The fourth-order valence-corrected chi connectivity index (χ4v) is 4.11. The Hall–Kier alpha value is -0.810. The Morgan fingerprint density at radius 1 is 0.955 bits per heavy atom. The SMILES string of the molecule is CN=C(NCC1CCN(C2CC2)C1)NC1CCN(C2CC2)C1. The normalized spacial score (nSPS) is 34.3. The first-order chi connectivity index (χ1) is 10.8. The molecule has 0 radical (unpaired) electrons. The zero-order valence-electron chi connectivity index (χ0n) is 13.9. The number of nitrogens with zero attached hydrogens (tertiary/aromatic N) is 3. The highest BCUT2D eigenvalue weighted by atomic mass is 15.3. The molecule has 0 aromatic heterocycles. The van der Waals surface area contributed by atoms with E-state index in [0.29, 0.717) is 6.04 Å². The second-order valence-electron chi connectivity index (χ2n) is 7.69. The second kappa shape index (κ2) is 6.36. The number of rotatable bonds is 5. The summed E-state index contributed by atoms with van der Waals surface area (Å²) in [6.45, 7) is 6.13. The van der Waals surface area contributed by atoms with Gasteiger partial charge in [-0.3, -0.25) is 9.89 Å². The van der Waals surface area contributed by atoms with Crippen molar-refractivity contribution in [2.45, 2.75) is 56.7 Å². The maximum absolute atomic E-state index is 4.43. The summed E-state index contributed by atoms with van der Waals surface area (Å²) in [5.41, 5.74) is 0. The van der Waals surface area contributed by atoms with Crippen LogP contribution >= 0.6 is 0 Å². The van der Waals surface area contributed by atoms with Crippen LogP contribution in [0, 0.1) is 5.92 Å². The van der Waals surface area contributed by atoms with Gasteiger partial charge in [-0.15, -0.1) is 0 Å². The molecule has 2 aliphatic carbocycles. The lowest BCUT2D eigenvalue weighted by molar-refractivity contribution is 0.313. The summed E-state index contributed by atoms with van der Waals surface area (Å²) in [6.07, 6.45) is 8.30. The molecule has 2 N–H and O–H groups in total. The lowest BCUT2D eigenvalue weighted by Crippen LogP contribution is -2.46. The molecule has 2 atom stereocenters. The van der Waals surface area contributed by atoms with Crippen molar-refractivity contribution in [2.24, 2.45) is 10.9 Å². The van der Waals surface area contributed by atoms with Crippen molar-refractivity contribution in [3.63, 3.8) is 0 Å². The van der Waals surface area contributed by atoms with Crippen LogP contribution in [0.25, 0.3) is 0 Å². The standard InChI is InChI=1S/C17H31N5/c1-18-17(20-14-7-9-22(12-14)16-4-5-16)19-10-13-6-8-21(11-13)15-2-3-15/h13-16H,2-12H2,1H3,(H2,18,19,20). The van der Waals surface area contributed by atoms with Gasteiger partial charge in [0, 0.05) is 51.4 Å². The van der Waals surface area contributed by atoms with Crippen molar-refractivity contribution in [3.05, 3.63) is 0 Å². The third-order valence-corrected chi connectivity index (χ3v) is 5.79. The van der Waals surface area contributed by atoms with Crippen molar-refractivity contribution in [2.75, 3.05) is 39.8 Å². The molecule has 0 aromatic rings. The molecule has 124 valence electrons. The van der Waals surface area contributed by atoms with Gasteiger partial charge in [-0.25, -0.2) is 0 Å². The average Bonchev–Trinajstić information content (AvgIpc) is 3.47. The summed E-state index contributed by atoms with van der Waals surface area (Å²) in [4.78, 5) is 9.76. The average molecular weight is 305 g/mol. The monoisotopic (exact) mass is 305 g/mol. The van der Waals surface area contributed by atoms with Gasteiger partial charge in [-0.2, -0.15) is 0 Å². The van der Waals surface area contributed by atoms with Crippen molar-refractivity contribution in [1.29, 1.82) is 0 Å². The van der Waals surface area contributed by atoms with E-state index >= 15 is 0 Å². The lowest BCUT2D eigenvalue weighted by atomic mass is 10.1. The highest BCUT2D eigenvalue weighted by molar-refractivity contribution is 5.80. The molecule has 2 saturated heterocycles. The van der Waals surface area contributed by atoms with Gasteiger partial charge in [0.1, 0.15) is 0 Å². The summed E-state index contributed by atoms with van der Waals surface area (Å²) >= 11 is 0. The van der Waals surface area contributed by atoms with Gasteiger partial charge in [0.2, 0.25) is 0 Å². The minimum absolute atomic E-state index is 0.582. The zero-order valence-corrected chi connectivity index (χ0v) is 13.9. The minimum atomic E-state index is 0.582. The van der Waals surface area contributed by atoms with E-state index < -0.39 is 0 Å². The highest BCUT2D eigenvalue weighted by Crippen LogP contribution is 2.31. The van der Waals surface area contributed by atoms with E-state index in [9.17, 15) is 0 Å². The zero-order chi connectivity index (χ0) is 14.9. The number of hydrogen-bond acceptors (Lipinski definition) is 3. The molecular weight excluding hydrogens is 274 g/mol. The predicted molar refractivity (Wildman–Crippen MR) is 90.2 cm³/mol. The molecule has 2 aliphatic heterocycles. The lowest BCUT2D eigenvalue weighted by Gasteiger charge is -2.20. The first-order valence-corrected chi connectivity index (χ1v) is 9.27. The maximum Gasteiger partial charge on any atom is 0.191 e. The van der Waals surface area contributed by atoms with Crippen LogP contribution in [0.2, 0.25) is 0 Å². The number of aliphatic imine (C=N–C) groups is 1. The summed E-state index contributed by atoms with van der Waals surface area (Å²) in [6, 6.07) is 2.40. The summed E-state index contributed by atoms with van der Waals surface area (Å²) in [5, 5.41) is 7.20. The van der Waals surface area contributed by atoms with Crippen LogP contribution < -0.4 is 10.6 Å². The minimum Gasteiger partial charge on any atom is -0.356 e. The first-order valence-electron chi connectivity index (χ1n) is 9.27. The Bertz CT molecular complexity index is 415. The van der Waals surface area contributed by atoms with Crippen LogP contribution in [-0.4, -0.2) is 73.7 Å². The Morgan fingerprint density at radius 2 is 1.64 bits per heavy atom. The van der Waals surface area contributed by atoms with E-state index in [-0.39, 0.29) is 0 Å². The molecule has 0 bridgehead atoms. The quantitative estimate of drug-likeness (QED) is 0.584. The molecule has 2 heterocycles. The number of guanidine groups is 1. The van der Waals surface area contributed by atoms with Crippen LogP contribution in [0.5, 0.6) is 0 Å². The summed E-state index contributed by atoms with van der Waals surface area (Å²) < 4.78 is 0. The molecular formula is C17H31N5. The Morgan fingerprint density at radius 3 is 2.32 bits per heavy atom. The van der Waals surface area contributed by atoms with Gasteiger partial charge in [-0.05, 0) is 51.0 Å². The van der Waals surface area contributed by atoms with Crippen LogP contribution in [0.4, 0.5) is 0 Å². The first kappa shape index (κ1) is 14.8. The predicted octanol–water partition coefficient (Wildman–Crippen LogP) is 0.872. The number of likely N-dealkylation sites (tertiary alicyclic amines) is 2. The topological polar surface area (TPSA) is 42.9 Å². The van der Waals surface area contributed by atoms with E-state index in [1.54, 1.807) is 0 Å². The Balaban J connectivity index is 1.18. The van der Waals surface area contributed by atoms with Gasteiger partial charge < -0.3 is 15.5 Å². The summed E-state index contributed by atoms with van der Waals surface area (Å²) in [7, 11) is 1.90. The molecule has 2 unspecified atom stereocenters. The largest absolute Gasteiger partial charge is 0.356 e. The molecule has 0 amide bonds. The van der Waals surface area contributed by atoms with Crippen LogP contribution in [0.15, 0.2) is 4.99 Å². The van der Waals surface area contributed by atoms with Crippen LogP contribution in [0.1, 0.15) is 38.5 Å². The van der Waals surface area contributed by atoms with E-state index in [0.717, 1.165) is 30.5 Å². The fourth-order valence-electron chi connectivity index (χ4n) is 4.11. The molecule has 5 heteroatoms. The third kappa shape index (κ3) is 3.57. The maximum atomic E-state index is 4.43. The molecule has 5 nitrogen and oxygen atoms in total. The van der Waals surface area contributed by atoms with E-state index in [2.05, 4.69) is 25.4 Å². The van der Waals surface area contributed by atoms with Gasteiger partial charge >= 0.3 is 0 Å². The van der Waals surface area contributed by atoms with Gasteiger partial charge in [0.05, 0.1) is 0 Å². The van der Waals surface area contributed by atoms with Crippen molar-refractivity contribution in [3.8, 4) is 0 Å². The van der Waals surface area contributed by atoms with Gasteiger partial charge in [-0.1, -0.05) is 0 Å². The van der Waals surface area contributed by atoms with E-state index in [4.69, 9.17) is 0 Å². The fraction of sp³-hybridized carbons (Fsp3) is 0.941. The summed E-state index contributed by atoms with van der Waals surface area (Å²) in [5.74, 6) is 1.80. The van der Waals surface area contributed by atoms with E-state index in [1.807, 2.05) is 7.05 Å². The van der Waals surface area contributed by atoms with Crippen molar-refractivity contribution < 1.29 is 0 Å². The van der Waals surface area contributed by atoms with Crippen LogP contribution in [0.3, 0.4) is 0 Å². The molecule has 4 aliphatic rings. The highest BCUT2D eigenvalue weighted by Gasteiger charge is 2.35. The second-order valence-corrected chi connectivity index (χ2v) is 7.69. The Labute approximate surface area is 134 Å². The smallest absolute Gasteiger partial charge is 0.191 e. The van der Waals surface area contributed by atoms with Crippen molar-refractivity contribution in [1.82, 2.24) is 20.4 Å². The third-order valence-electron chi connectivity index (χ3n) is 5.79.